The van der Waals surface area contributed by atoms with Gasteiger partial charge in [-0.25, -0.2) is 0 Å². The van der Waals surface area contributed by atoms with Gasteiger partial charge in [0.25, 0.3) is 0 Å². The molecule has 272 valence electrons. The van der Waals surface area contributed by atoms with Crippen LogP contribution in [0.15, 0.2) is 164 Å². The molecule has 3 saturated carbocycles. The van der Waals surface area contributed by atoms with E-state index in [2.05, 4.69) is 173 Å². The highest BCUT2D eigenvalue weighted by molar-refractivity contribution is 7.26. The molecule has 0 saturated heterocycles. The molecule has 2 bridgehead atoms. The highest BCUT2D eigenvalue weighted by Gasteiger charge is 2.58. The van der Waals surface area contributed by atoms with E-state index in [4.69, 9.17) is 0 Å². The van der Waals surface area contributed by atoms with Gasteiger partial charge in [-0.15, -0.1) is 11.3 Å². The molecular weight excluding hydrogens is 697 g/mol. The molecule has 0 aliphatic heterocycles. The molecule has 2 nitrogen and oxygen atoms in total. The van der Waals surface area contributed by atoms with Crippen molar-refractivity contribution in [3.05, 3.63) is 169 Å². The summed E-state index contributed by atoms with van der Waals surface area (Å²) in [4.78, 5) is 2.55. The lowest BCUT2D eigenvalue weighted by atomic mass is 9.59. The van der Waals surface area contributed by atoms with Crippen molar-refractivity contribution in [3.63, 3.8) is 0 Å². The molecule has 2 heterocycles. The number of para-hydroxylation sites is 2. The van der Waals surface area contributed by atoms with Crippen molar-refractivity contribution in [3.8, 4) is 16.8 Å². The van der Waals surface area contributed by atoms with Gasteiger partial charge in [-0.05, 0) is 126 Å². The second-order valence-corrected chi connectivity index (χ2v) is 17.9. The topological polar surface area (TPSA) is 8.17 Å². The monoisotopic (exact) mass is 740 g/mol. The van der Waals surface area contributed by atoms with Crippen molar-refractivity contribution in [1.82, 2.24) is 4.57 Å². The molecular formula is C53H44N2S. The van der Waals surface area contributed by atoms with Gasteiger partial charge in [0, 0.05) is 43.3 Å². The van der Waals surface area contributed by atoms with Gasteiger partial charge >= 0.3 is 0 Å². The van der Waals surface area contributed by atoms with E-state index in [0.29, 0.717) is 5.41 Å². The van der Waals surface area contributed by atoms with Gasteiger partial charge < -0.3 is 9.47 Å². The fraction of sp³-hybridized carbons (Fsp3) is 0.208. The largest absolute Gasteiger partial charge is 0.309 e. The van der Waals surface area contributed by atoms with Gasteiger partial charge in [0.2, 0.25) is 0 Å². The van der Waals surface area contributed by atoms with Crippen LogP contribution >= 0.6 is 11.3 Å². The van der Waals surface area contributed by atoms with E-state index in [9.17, 15) is 0 Å². The van der Waals surface area contributed by atoms with Crippen LogP contribution in [0, 0.1) is 17.8 Å². The number of rotatable bonds is 6. The van der Waals surface area contributed by atoms with Crippen LogP contribution in [0.3, 0.4) is 0 Å². The fourth-order valence-corrected chi connectivity index (χ4v) is 12.8. The van der Waals surface area contributed by atoms with Gasteiger partial charge in [-0.2, -0.15) is 0 Å². The normalized spacial score (nSPS) is 21.7. The second-order valence-electron chi connectivity index (χ2n) is 16.8. The van der Waals surface area contributed by atoms with Crippen LogP contribution in [0.2, 0.25) is 0 Å². The number of thiophene rings is 1. The zero-order valence-electron chi connectivity index (χ0n) is 31.6. The van der Waals surface area contributed by atoms with E-state index in [-0.39, 0.29) is 0 Å². The van der Waals surface area contributed by atoms with Crippen molar-refractivity contribution < 1.29 is 0 Å². The van der Waals surface area contributed by atoms with Crippen LogP contribution < -0.4 is 4.90 Å². The summed E-state index contributed by atoms with van der Waals surface area (Å²) in [5.41, 5.74) is 11.7. The molecule has 4 atom stereocenters. The quantitative estimate of drug-likeness (QED) is 0.165. The lowest BCUT2D eigenvalue weighted by Crippen LogP contribution is -2.39. The summed E-state index contributed by atoms with van der Waals surface area (Å²) < 4.78 is 5.09. The molecule has 3 unspecified atom stereocenters. The molecule has 0 radical (unpaired) electrons. The van der Waals surface area contributed by atoms with E-state index < -0.39 is 0 Å². The van der Waals surface area contributed by atoms with Crippen molar-refractivity contribution in [1.29, 1.82) is 0 Å². The third-order valence-corrected chi connectivity index (χ3v) is 15.4. The van der Waals surface area contributed by atoms with Crippen LogP contribution in [0.4, 0.5) is 17.1 Å². The van der Waals surface area contributed by atoms with Gasteiger partial charge in [0.1, 0.15) is 0 Å². The zero-order chi connectivity index (χ0) is 36.8. The molecule has 0 amide bonds. The molecule has 0 spiro atoms. The molecule has 3 aliphatic carbocycles. The predicted octanol–water partition coefficient (Wildman–Crippen LogP) is 15.1. The Hall–Kier alpha value is -5.64. The Kier molecular flexibility index (Phi) is 7.39. The van der Waals surface area contributed by atoms with Gasteiger partial charge in [-0.3, -0.25) is 0 Å². The predicted molar refractivity (Wildman–Crippen MR) is 238 cm³/mol. The summed E-state index contributed by atoms with van der Waals surface area (Å²) in [5.74, 6) is 2.73. The number of aromatic nitrogens is 1. The molecule has 7 aromatic carbocycles. The minimum Gasteiger partial charge on any atom is -0.309 e. The molecule has 12 rings (SSSR count). The molecule has 56 heavy (non-hydrogen) atoms. The minimum atomic E-state index is 0.334. The third-order valence-electron chi connectivity index (χ3n) is 14.2. The van der Waals surface area contributed by atoms with Crippen LogP contribution in [-0.2, 0) is 5.41 Å². The van der Waals surface area contributed by atoms with Gasteiger partial charge in [-0.1, -0.05) is 122 Å². The first-order chi connectivity index (χ1) is 27.7. The number of fused-ring (bicyclic) bond motifs is 11. The highest BCUT2D eigenvalue weighted by Crippen LogP contribution is 2.65. The number of benzene rings is 7. The Morgan fingerprint density at radius 3 is 2.09 bits per heavy atom. The maximum absolute atomic E-state index is 2.60. The summed E-state index contributed by atoms with van der Waals surface area (Å²) >= 11 is 1.92. The van der Waals surface area contributed by atoms with E-state index in [1.807, 2.05) is 11.3 Å². The highest BCUT2D eigenvalue weighted by atomic mass is 32.1. The average molecular weight is 741 g/mol. The van der Waals surface area contributed by atoms with Gasteiger partial charge in [0.05, 0.1) is 21.4 Å². The van der Waals surface area contributed by atoms with Crippen molar-refractivity contribution >= 4 is 70.4 Å². The van der Waals surface area contributed by atoms with E-state index in [1.54, 1.807) is 5.56 Å². The fourth-order valence-electron chi connectivity index (χ4n) is 11.6. The SMILES string of the molecule is c1cc(-c2ccc(N(c3cccc(C45CCCC[C@@H](C4)C4CCC45)c3)c3cccc4c3sc3ccccc34)cc2)cc(-n2c3ccccc3c3ccccc32)c1. The first-order valence-electron chi connectivity index (χ1n) is 20.7. The zero-order valence-corrected chi connectivity index (χ0v) is 32.4. The molecule has 3 heteroatoms. The first kappa shape index (κ1) is 32.6. The van der Waals surface area contributed by atoms with Crippen LogP contribution in [0.25, 0.3) is 58.8 Å². The average Bonchev–Trinajstić information content (AvgIpc) is 3.79. The van der Waals surface area contributed by atoms with Crippen LogP contribution in [0.1, 0.15) is 50.5 Å². The number of hydrogen-bond donors (Lipinski definition) is 0. The van der Waals surface area contributed by atoms with Crippen molar-refractivity contribution in [2.24, 2.45) is 17.8 Å². The molecule has 2 aromatic heterocycles. The Morgan fingerprint density at radius 2 is 1.29 bits per heavy atom. The van der Waals surface area contributed by atoms with Gasteiger partial charge in [0.15, 0.2) is 0 Å². The summed E-state index contributed by atoms with van der Waals surface area (Å²) in [7, 11) is 0. The molecule has 3 aliphatic rings. The lowest BCUT2D eigenvalue weighted by Gasteiger charge is -2.45. The maximum atomic E-state index is 2.60. The van der Waals surface area contributed by atoms with E-state index >= 15 is 0 Å². The summed E-state index contributed by atoms with van der Waals surface area (Å²) in [6.07, 6.45) is 9.82. The van der Waals surface area contributed by atoms with Crippen LogP contribution in [-0.4, -0.2) is 4.57 Å². The van der Waals surface area contributed by atoms with Crippen molar-refractivity contribution in [2.75, 3.05) is 4.90 Å². The maximum Gasteiger partial charge on any atom is 0.0640 e. The summed E-state index contributed by atoms with van der Waals surface area (Å²) in [6.45, 7) is 0. The van der Waals surface area contributed by atoms with Crippen LogP contribution in [0.5, 0.6) is 0 Å². The number of anilines is 3. The van der Waals surface area contributed by atoms with E-state index in [1.165, 1.54) is 121 Å². The summed E-state index contributed by atoms with van der Waals surface area (Å²) in [5, 5.41) is 5.25. The van der Waals surface area contributed by atoms with E-state index in [0.717, 1.165) is 17.8 Å². The standard InChI is InChI=1S/C53H44N2S/c1-4-21-48-43(17-1)44-18-2-5-22-49(44)55(48)40-15-9-13-36(32-40)35-25-27-39(28-26-35)54(50-23-11-20-46-45-19-3-6-24-51(45)56-52(46)50)41-16-10-14-38(33-41)53-31-8-7-12-37(34-53)42-29-30-47(42)53/h1-6,9-11,13-28,32-33,37,42,47H,7-8,12,29-31,34H2/t37-,42?,47?,53?/m0/s1. The minimum absolute atomic E-state index is 0.334. The Bertz CT molecular complexity index is 2900. The lowest BCUT2D eigenvalue weighted by molar-refractivity contribution is 0.104. The third kappa shape index (κ3) is 4.86. The molecule has 3 fully saturated rings. The number of nitrogens with zero attached hydrogens (tertiary/aromatic N) is 2. The summed E-state index contributed by atoms with van der Waals surface area (Å²) in [6, 6.07) is 61.5. The Labute approximate surface area is 332 Å². The number of hydrogen-bond acceptors (Lipinski definition) is 2. The smallest absolute Gasteiger partial charge is 0.0640 e. The molecule has 0 N–H and O–H groups in total. The Balaban J connectivity index is 0.984. The first-order valence-corrected chi connectivity index (χ1v) is 21.6. The van der Waals surface area contributed by atoms with Crippen molar-refractivity contribution in [2.45, 2.75) is 50.4 Å². The molecule has 9 aromatic rings. The second kappa shape index (κ2) is 12.7. The Morgan fingerprint density at radius 1 is 0.554 bits per heavy atom.